The van der Waals surface area contributed by atoms with Gasteiger partial charge in [0.15, 0.2) is 0 Å². The maximum Gasteiger partial charge on any atom is 0.0794 e. The molecule has 2 aromatic heterocycles. The first-order chi connectivity index (χ1) is 7.33. The molecule has 0 radical (unpaired) electrons. The van der Waals surface area contributed by atoms with E-state index in [-0.39, 0.29) is 6.04 Å². The summed E-state index contributed by atoms with van der Waals surface area (Å²) in [5, 5.41) is 3.29. The summed E-state index contributed by atoms with van der Waals surface area (Å²) in [5.74, 6) is 0. The van der Waals surface area contributed by atoms with Crippen LogP contribution >= 0.6 is 11.3 Å². The van der Waals surface area contributed by atoms with Gasteiger partial charge in [-0.25, -0.2) is 0 Å². The third-order valence-corrected chi connectivity index (χ3v) is 3.26. The molecule has 0 aromatic carbocycles. The van der Waals surface area contributed by atoms with Gasteiger partial charge in [0.1, 0.15) is 0 Å². The highest BCUT2D eigenvalue weighted by Crippen LogP contribution is 2.25. The van der Waals surface area contributed by atoms with Gasteiger partial charge in [0.05, 0.1) is 11.6 Å². The molecule has 4 heteroatoms. The van der Waals surface area contributed by atoms with E-state index < -0.39 is 0 Å². The summed E-state index contributed by atoms with van der Waals surface area (Å²) in [6, 6.07) is 2.23. The number of aromatic nitrogens is 2. The van der Waals surface area contributed by atoms with E-state index in [2.05, 4.69) is 22.2 Å². The summed E-state index contributed by atoms with van der Waals surface area (Å²) in [5.41, 5.74) is 4.31. The van der Waals surface area contributed by atoms with E-state index in [0.717, 1.165) is 0 Å². The summed E-state index contributed by atoms with van der Waals surface area (Å²) >= 11 is 1.66. The van der Waals surface area contributed by atoms with E-state index in [1.807, 2.05) is 37.2 Å². The fraction of sp³-hybridized carbons (Fsp3) is 0.273. The highest BCUT2D eigenvalue weighted by atomic mass is 32.1. The molecular weight excluding hydrogens is 206 g/mol. The zero-order valence-electron chi connectivity index (χ0n) is 8.77. The summed E-state index contributed by atoms with van der Waals surface area (Å²) in [7, 11) is 1.96. The second kappa shape index (κ2) is 4.51. The molecule has 1 unspecified atom stereocenters. The third-order valence-electron chi connectivity index (χ3n) is 2.42. The number of rotatable bonds is 3. The highest BCUT2D eigenvalue weighted by molar-refractivity contribution is 7.09. The molecule has 3 nitrogen and oxygen atoms in total. The zero-order valence-corrected chi connectivity index (χ0v) is 9.58. The number of hydrogen-bond donors (Lipinski definition) is 1. The van der Waals surface area contributed by atoms with Crippen molar-refractivity contribution in [3.05, 3.63) is 46.2 Å². The van der Waals surface area contributed by atoms with Crippen molar-refractivity contribution in [2.24, 2.45) is 0 Å². The smallest absolute Gasteiger partial charge is 0.0794 e. The topological polar surface area (TPSA) is 37.8 Å². The average Bonchev–Trinajstić information content (AvgIpc) is 2.75. The molecule has 0 spiro atoms. The number of hydrogen-bond acceptors (Lipinski definition) is 4. The summed E-state index contributed by atoms with van der Waals surface area (Å²) < 4.78 is 0. The molecule has 78 valence electrons. The molecule has 0 aliphatic rings. The van der Waals surface area contributed by atoms with Crippen LogP contribution in [0.25, 0.3) is 0 Å². The number of aryl methyl sites for hydroxylation is 1. The van der Waals surface area contributed by atoms with Crippen LogP contribution < -0.4 is 5.32 Å². The molecule has 2 rings (SSSR count). The highest BCUT2D eigenvalue weighted by Gasteiger charge is 2.15. The van der Waals surface area contributed by atoms with Gasteiger partial charge in [0, 0.05) is 23.5 Å². The van der Waals surface area contributed by atoms with Gasteiger partial charge in [-0.1, -0.05) is 0 Å². The number of nitrogens with zero attached hydrogens (tertiary/aromatic N) is 2. The summed E-state index contributed by atoms with van der Waals surface area (Å²) in [4.78, 5) is 9.49. The molecule has 0 saturated heterocycles. The van der Waals surface area contributed by atoms with E-state index in [1.54, 1.807) is 11.3 Å². The Morgan fingerprint density at radius 2 is 2.20 bits per heavy atom. The van der Waals surface area contributed by atoms with Crippen molar-refractivity contribution >= 4 is 11.3 Å². The van der Waals surface area contributed by atoms with Gasteiger partial charge in [0.2, 0.25) is 0 Å². The van der Waals surface area contributed by atoms with Crippen LogP contribution in [0.5, 0.6) is 0 Å². The minimum atomic E-state index is 0.200. The Balaban J connectivity index is 2.40. The van der Waals surface area contributed by atoms with Crippen LogP contribution in [0.2, 0.25) is 0 Å². The first kappa shape index (κ1) is 10.3. The van der Waals surface area contributed by atoms with E-state index in [1.165, 1.54) is 16.0 Å². The standard InChI is InChI=1S/C11H13N3S/c1-8-3-4-13-5-9(8)11(12-2)10-6-14-7-15-10/h3-7,11-12H,1-2H3. The van der Waals surface area contributed by atoms with E-state index in [4.69, 9.17) is 0 Å². The van der Waals surface area contributed by atoms with Gasteiger partial charge >= 0.3 is 0 Å². The van der Waals surface area contributed by atoms with Crippen molar-refractivity contribution in [1.29, 1.82) is 0 Å². The molecule has 15 heavy (non-hydrogen) atoms. The predicted molar refractivity (Wildman–Crippen MR) is 62.0 cm³/mol. The van der Waals surface area contributed by atoms with Crippen molar-refractivity contribution in [2.45, 2.75) is 13.0 Å². The fourth-order valence-electron chi connectivity index (χ4n) is 1.60. The Hall–Kier alpha value is -1.26. The maximum atomic E-state index is 4.17. The van der Waals surface area contributed by atoms with Crippen molar-refractivity contribution in [3.8, 4) is 0 Å². The van der Waals surface area contributed by atoms with Gasteiger partial charge in [-0.2, -0.15) is 0 Å². The van der Waals surface area contributed by atoms with Crippen LogP contribution in [0.15, 0.2) is 30.2 Å². The Kier molecular flexibility index (Phi) is 3.08. The summed E-state index contributed by atoms with van der Waals surface area (Å²) in [6.45, 7) is 2.10. The van der Waals surface area contributed by atoms with Gasteiger partial charge in [-0.15, -0.1) is 11.3 Å². The first-order valence-corrected chi connectivity index (χ1v) is 5.67. The molecule has 1 N–H and O–H groups in total. The molecule has 0 bridgehead atoms. The normalized spacial score (nSPS) is 12.7. The van der Waals surface area contributed by atoms with Gasteiger partial charge in [-0.05, 0) is 31.2 Å². The van der Waals surface area contributed by atoms with E-state index >= 15 is 0 Å². The van der Waals surface area contributed by atoms with Crippen molar-refractivity contribution < 1.29 is 0 Å². The molecule has 0 fully saturated rings. The van der Waals surface area contributed by atoms with Gasteiger partial charge in [-0.3, -0.25) is 9.97 Å². The third kappa shape index (κ3) is 2.06. The monoisotopic (exact) mass is 219 g/mol. The molecule has 2 aromatic rings. The Bertz CT molecular complexity index is 425. The molecule has 0 aliphatic carbocycles. The van der Waals surface area contributed by atoms with Crippen molar-refractivity contribution in [2.75, 3.05) is 7.05 Å². The van der Waals surface area contributed by atoms with Crippen LogP contribution in [0.4, 0.5) is 0 Å². The second-order valence-corrected chi connectivity index (χ2v) is 4.28. The van der Waals surface area contributed by atoms with Gasteiger partial charge in [0.25, 0.3) is 0 Å². The van der Waals surface area contributed by atoms with Gasteiger partial charge < -0.3 is 5.32 Å². The fourth-order valence-corrected chi connectivity index (χ4v) is 2.34. The largest absolute Gasteiger partial charge is 0.309 e. The zero-order chi connectivity index (χ0) is 10.7. The molecule has 2 heterocycles. The lowest BCUT2D eigenvalue weighted by atomic mass is 10.0. The molecule has 0 aliphatic heterocycles. The quantitative estimate of drug-likeness (QED) is 0.859. The van der Waals surface area contributed by atoms with Crippen LogP contribution in [0.1, 0.15) is 22.0 Å². The Labute approximate surface area is 93.2 Å². The summed E-state index contributed by atoms with van der Waals surface area (Å²) in [6.07, 6.45) is 5.63. The number of thiazole rings is 1. The number of nitrogens with one attached hydrogen (secondary N) is 1. The lowest BCUT2D eigenvalue weighted by Crippen LogP contribution is -2.17. The molecule has 0 saturated carbocycles. The van der Waals surface area contributed by atoms with E-state index in [9.17, 15) is 0 Å². The lowest BCUT2D eigenvalue weighted by molar-refractivity contribution is 0.694. The Morgan fingerprint density at radius 3 is 2.80 bits per heavy atom. The molecule has 0 amide bonds. The average molecular weight is 219 g/mol. The maximum absolute atomic E-state index is 4.17. The Morgan fingerprint density at radius 1 is 1.33 bits per heavy atom. The lowest BCUT2D eigenvalue weighted by Gasteiger charge is -2.16. The van der Waals surface area contributed by atoms with Crippen LogP contribution in [0, 0.1) is 6.92 Å². The van der Waals surface area contributed by atoms with Crippen LogP contribution in [0.3, 0.4) is 0 Å². The first-order valence-electron chi connectivity index (χ1n) is 4.79. The van der Waals surface area contributed by atoms with Crippen molar-refractivity contribution in [1.82, 2.24) is 15.3 Å². The van der Waals surface area contributed by atoms with Crippen LogP contribution in [-0.4, -0.2) is 17.0 Å². The minimum Gasteiger partial charge on any atom is -0.309 e. The van der Waals surface area contributed by atoms with Crippen molar-refractivity contribution in [3.63, 3.8) is 0 Å². The van der Waals surface area contributed by atoms with E-state index in [0.29, 0.717) is 0 Å². The number of pyridine rings is 1. The second-order valence-electron chi connectivity index (χ2n) is 3.36. The van der Waals surface area contributed by atoms with Crippen LogP contribution in [-0.2, 0) is 0 Å². The molecule has 1 atom stereocenters. The molecular formula is C11H13N3S. The minimum absolute atomic E-state index is 0.200. The predicted octanol–water partition coefficient (Wildman–Crippen LogP) is 2.16. The SMILES string of the molecule is CNC(c1cncs1)c1cnccc1C.